The van der Waals surface area contributed by atoms with Crippen LogP contribution in [0.25, 0.3) is 0 Å². The number of nitrogens with one attached hydrogen (secondary N) is 4. The third-order valence-electron chi connectivity index (χ3n) is 17.3. The number of urea groups is 1. The fourth-order valence-electron chi connectivity index (χ4n) is 12.3. The van der Waals surface area contributed by atoms with Crippen molar-refractivity contribution in [1.29, 1.82) is 0 Å². The number of carbonyl (C=O) groups excluding carboxylic acids is 7. The molecule has 476 valence electrons. The van der Waals surface area contributed by atoms with Gasteiger partial charge in [0, 0.05) is 81.0 Å². The number of benzene rings is 2. The van der Waals surface area contributed by atoms with Crippen LogP contribution in [0.5, 0.6) is 5.75 Å². The largest absolute Gasteiger partial charge is 0.453 e. The molecular weight excluding hydrogens is 1130 g/mol. The highest BCUT2D eigenvalue weighted by molar-refractivity contribution is 7.84. The van der Waals surface area contributed by atoms with Crippen molar-refractivity contribution in [3.8, 4) is 5.75 Å². The average molecular weight is 1220 g/mol. The number of aliphatic hydroxyl groups is 1. The van der Waals surface area contributed by atoms with Gasteiger partial charge in [0.1, 0.15) is 30.2 Å². The molecule has 2 saturated carbocycles. The van der Waals surface area contributed by atoms with Crippen LogP contribution in [0.4, 0.5) is 42.0 Å². The Hall–Kier alpha value is -5.91. The fourth-order valence-corrected chi connectivity index (χ4v) is 13.5. The predicted molar refractivity (Wildman–Crippen MR) is 313 cm³/mol. The molecule has 2 unspecified atom stereocenters. The van der Waals surface area contributed by atoms with Crippen LogP contribution in [0, 0.1) is 29.1 Å². The number of alkyl halides is 5. The van der Waals surface area contributed by atoms with Crippen LogP contribution in [-0.2, 0) is 47.7 Å². The Morgan fingerprint density at radius 1 is 0.812 bits per heavy atom. The Morgan fingerprint density at radius 2 is 1.46 bits per heavy atom. The zero-order chi connectivity index (χ0) is 62.6. The molecule has 3 aliphatic carbocycles. The number of halogens is 5. The smallest absolute Gasteiger partial charge is 0.445 e. The summed E-state index contributed by atoms with van der Waals surface area (Å²) in [6.07, 6.45) is 3.38. The number of ketones is 1. The number of hydrogen-bond donors (Lipinski definition) is 6. The number of rotatable bonds is 33. The normalized spacial score (nSPS) is 21.0. The number of aliphatic hydroxyl groups excluding tert-OH is 1. The van der Waals surface area contributed by atoms with Gasteiger partial charge in [0.2, 0.25) is 17.7 Å². The number of carbonyl (C=O) groups is 7. The fraction of sp³-hybridized carbons (Fsp3) is 0.689. The standard InChI is InChI=1S/C61H90F5N7O11S/c1-39(2)53(71-51(76)27-18-40(3)74)55(78)70-49(17-14-31-68-56(67)79)54(77)69-44-21-19-41(20-22-44)38-83-57(80)72(5)32-33-73(6)58(81)84-45-23-24-46-43(37-45)36-42(52-47(46)28-30-59(4)48(52)25-26-50(59)75)16-12-10-8-7-9-11-13-34-85(82)35-15-29-60(62,63)61(64,65)66/h19-24,37,39,42,47-50,52-53,75H,7-18,25-36,38H2,1-6H3,(H,69,77)(H,70,78)(H,71,76)(H3,67,68,79)/t42-,47?,48+,49+,50+,52-,53+,59+,85?/m1/s1. The molecule has 0 aromatic heterocycles. The van der Waals surface area contributed by atoms with Gasteiger partial charge in [-0.05, 0) is 147 Å². The maximum absolute atomic E-state index is 13.6. The van der Waals surface area contributed by atoms with Gasteiger partial charge in [-0.1, -0.05) is 77.5 Å². The Kier molecular flexibility index (Phi) is 26.9. The van der Waals surface area contributed by atoms with Crippen LogP contribution < -0.4 is 31.7 Å². The number of nitrogens with zero attached hydrogens (tertiary/aromatic N) is 2. The molecule has 2 fully saturated rings. The van der Waals surface area contributed by atoms with Crippen molar-refractivity contribution in [2.75, 3.05) is 50.6 Å². The third-order valence-corrected chi connectivity index (χ3v) is 18.8. The number of Topliss-reactive ketones (excluding diaryl/α,β-unsaturated/α-hetero) is 1. The molecule has 0 heterocycles. The molecule has 0 radical (unpaired) electrons. The van der Waals surface area contributed by atoms with E-state index in [0.29, 0.717) is 52.8 Å². The van der Waals surface area contributed by atoms with Crippen LogP contribution >= 0.6 is 0 Å². The number of unbranched alkanes of at least 4 members (excludes halogenated alkanes) is 6. The molecule has 2 aromatic carbocycles. The highest BCUT2D eigenvalue weighted by atomic mass is 32.2. The van der Waals surface area contributed by atoms with Crippen molar-refractivity contribution in [2.45, 2.75) is 193 Å². The molecule has 85 heavy (non-hydrogen) atoms. The lowest BCUT2D eigenvalue weighted by atomic mass is 9.52. The molecule has 0 saturated heterocycles. The van der Waals surface area contributed by atoms with Crippen LogP contribution in [0.3, 0.4) is 0 Å². The monoisotopic (exact) mass is 1220 g/mol. The van der Waals surface area contributed by atoms with Gasteiger partial charge in [0.05, 0.1) is 6.10 Å². The lowest BCUT2D eigenvalue weighted by molar-refractivity contribution is -0.284. The minimum absolute atomic E-state index is 0.0205. The maximum Gasteiger partial charge on any atom is 0.453 e. The Labute approximate surface area is 499 Å². The predicted octanol–water partition coefficient (Wildman–Crippen LogP) is 10.1. The van der Waals surface area contributed by atoms with Crippen molar-refractivity contribution in [1.82, 2.24) is 25.8 Å². The quantitative estimate of drug-likeness (QED) is 0.0289. The first-order valence-electron chi connectivity index (χ1n) is 30.0. The minimum atomic E-state index is -5.60. The van der Waals surface area contributed by atoms with Crippen LogP contribution in [0.2, 0.25) is 0 Å². The molecule has 18 nitrogen and oxygen atoms in total. The van der Waals surface area contributed by atoms with E-state index >= 15 is 0 Å². The molecule has 3 aliphatic rings. The lowest BCUT2D eigenvalue weighted by Gasteiger charge is -2.53. The molecule has 2 aromatic rings. The Balaban J connectivity index is 1.07. The van der Waals surface area contributed by atoms with Crippen molar-refractivity contribution < 1.29 is 74.3 Å². The van der Waals surface area contributed by atoms with E-state index in [0.717, 1.165) is 82.6 Å². The lowest BCUT2D eigenvalue weighted by Crippen LogP contribution is -2.54. The van der Waals surface area contributed by atoms with E-state index in [1.165, 1.54) is 22.3 Å². The number of amides is 7. The van der Waals surface area contributed by atoms with E-state index in [-0.39, 0.29) is 80.9 Å². The summed E-state index contributed by atoms with van der Waals surface area (Å²) in [5.74, 6) is -4.85. The summed E-state index contributed by atoms with van der Waals surface area (Å²) in [5.41, 5.74) is 8.49. The summed E-state index contributed by atoms with van der Waals surface area (Å²) in [7, 11) is 1.70. The number of ether oxygens (including phenoxy) is 2. The van der Waals surface area contributed by atoms with Crippen LogP contribution in [0.1, 0.15) is 166 Å². The molecular formula is C61H90F5N7O11S. The Bertz CT molecular complexity index is 2600. The second-order valence-electron chi connectivity index (χ2n) is 24.1. The van der Waals surface area contributed by atoms with Crippen LogP contribution in [-0.4, -0.2) is 136 Å². The number of hydrogen-bond acceptors (Lipinski definition) is 11. The molecule has 0 spiro atoms. The van der Waals surface area contributed by atoms with Crippen molar-refractivity contribution in [3.05, 3.63) is 59.2 Å². The second-order valence-corrected chi connectivity index (χ2v) is 25.8. The molecule has 0 bridgehead atoms. The van der Waals surface area contributed by atoms with E-state index in [1.54, 1.807) is 52.2 Å². The van der Waals surface area contributed by atoms with E-state index in [1.807, 2.05) is 12.1 Å². The first-order valence-corrected chi connectivity index (χ1v) is 31.5. The highest BCUT2D eigenvalue weighted by Crippen LogP contribution is 2.63. The van der Waals surface area contributed by atoms with Crippen molar-refractivity contribution >= 4 is 58.2 Å². The average Bonchev–Trinajstić information content (AvgIpc) is 1.78. The van der Waals surface area contributed by atoms with Gasteiger partial charge >= 0.3 is 30.3 Å². The van der Waals surface area contributed by atoms with Gasteiger partial charge in [0.25, 0.3) is 0 Å². The summed E-state index contributed by atoms with van der Waals surface area (Å²) in [6, 6.07) is 9.63. The summed E-state index contributed by atoms with van der Waals surface area (Å²) in [4.78, 5) is 91.3. The van der Waals surface area contributed by atoms with Crippen molar-refractivity contribution in [3.63, 3.8) is 0 Å². The van der Waals surface area contributed by atoms with Gasteiger partial charge in [-0.15, -0.1) is 0 Å². The highest BCUT2D eigenvalue weighted by Gasteiger charge is 2.57. The summed E-state index contributed by atoms with van der Waals surface area (Å²) < 4.78 is 87.3. The van der Waals surface area contributed by atoms with Gasteiger partial charge in [-0.3, -0.25) is 18.6 Å². The summed E-state index contributed by atoms with van der Waals surface area (Å²) in [5, 5.41) is 21.8. The van der Waals surface area contributed by atoms with Gasteiger partial charge in [-0.25, -0.2) is 14.4 Å². The second kappa shape index (κ2) is 32.7. The molecule has 9 atom stereocenters. The molecule has 24 heteroatoms. The van der Waals surface area contributed by atoms with E-state index in [2.05, 4.69) is 34.3 Å². The maximum atomic E-state index is 13.6. The van der Waals surface area contributed by atoms with Gasteiger partial charge in [0.15, 0.2) is 0 Å². The molecule has 0 aliphatic heterocycles. The van der Waals surface area contributed by atoms with Gasteiger partial charge < -0.3 is 56.2 Å². The zero-order valence-corrected chi connectivity index (χ0v) is 51.0. The number of likely N-dealkylation sites (N-methyl/N-ethyl adjacent to an activating group) is 2. The SMILES string of the molecule is CC(=O)CCC(=O)N[C@H](C(=O)N[C@@H](CCCNC(N)=O)C(=O)Nc1ccc(COC(=O)N(C)CCN(C)C(=O)Oc2ccc3c(c2)C[C@@H](CCCCCCCCCS(=O)CCCC(F)(F)C(F)(F)F)[C@@H]2C3CC[C@]3(C)[C@@H](O)CC[C@@H]23)cc1)C(C)C. The van der Waals surface area contributed by atoms with E-state index < -0.39 is 83.8 Å². The summed E-state index contributed by atoms with van der Waals surface area (Å²) >= 11 is 0. The van der Waals surface area contributed by atoms with E-state index in [4.69, 9.17) is 15.2 Å². The zero-order valence-electron chi connectivity index (χ0n) is 50.1. The number of primary amides is 1. The number of nitrogens with two attached hydrogens (primary N) is 1. The molecule has 7 N–H and O–H groups in total. The number of anilines is 1. The van der Waals surface area contributed by atoms with Crippen molar-refractivity contribution in [2.24, 2.45) is 34.8 Å². The summed E-state index contributed by atoms with van der Waals surface area (Å²) in [6.45, 7) is 7.40. The Morgan fingerprint density at radius 3 is 2.11 bits per heavy atom. The third kappa shape index (κ3) is 21.2. The van der Waals surface area contributed by atoms with E-state index in [9.17, 15) is 64.8 Å². The van der Waals surface area contributed by atoms with Gasteiger partial charge in [-0.2, -0.15) is 22.0 Å². The first kappa shape index (κ1) is 69.9. The molecule has 7 amide bonds. The minimum Gasteiger partial charge on any atom is -0.445 e. The first-order chi connectivity index (χ1) is 40.1. The molecule has 5 rings (SSSR count). The number of fused-ring (bicyclic) bond motifs is 5. The van der Waals surface area contributed by atoms with Crippen LogP contribution in [0.15, 0.2) is 42.5 Å². The topological polar surface area (TPSA) is 256 Å².